The van der Waals surface area contributed by atoms with Gasteiger partial charge in [-0.3, -0.25) is 14.5 Å². The van der Waals surface area contributed by atoms with E-state index in [9.17, 15) is 14.9 Å². The Morgan fingerprint density at radius 1 is 1.02 bits per heavy atom. The van der Waals surface area contributed by atoms with Gasteiger partial charge in [0.2, 0.25) is 5.76 Å². The molecule has 4 rings (SSSR count). The molecule has 0 unspecified atom stereocenters. The van der Waals surface area contributed by atoms with Gasteiger partial charge in [-0.05, 0) is 60.2 Å². The smallest absolute Gasteiger partial charge is 0.289 e. The number of amides is 2. The third-order valence-electron chi connectivity index (χ3n) is 7.85. The molecule has 240 valence electrons. The van der Waals surface area contributed by atoms with Crippen LogP contribution in [0.1, 0.15) is 79.1 Å². The predicted molar refractivity (Wildman–Crippen MR) is 176 cm³/mol. The van der Waals surface area contributed by atoms with Gasteiger partial charge in [-0.1, -0.05) is 52.8 Å². The van der Waals surface area contributed by atoms with E-state index in [0.29, 0.717) is 42.2 Å². The summed E-state index contributed by atoms with van der Waals surface area (Å²) >= 11 is 0. The van der Waals surface area contributed by atoms with E-state index in [0.717, 1.165) is 42.9 Å². The third kappa shape index (κ3) is 8.93. The van der Waals surface area contributed by atoms with Gasteiger partial charge >= 0.3 is 0 Å². The van der Waals surface area contributed by atoms with Crippen LogP contribution in [0.25, 0.3) is 11.3 Å². The van der Waals surface area contributed by atoms with Crippen molar-refractivity contribution in [2.45, 2.75) is 53.9 Å². The standard InChI is InChI=1S/C35H46N6O4/c1-23-9-10-26(19-27(23)29-20-30(45-39-29)33(43)37-22-34(2,3)4)38-32(42)28-18-25(35(5,6)7)17-24(21-36)31(28)44-16-15-41-13-11-40(8)12-14-41/h9-10,17-20H,11-16,22H2,1-8H3,(H,37,43)(H,38,42). The van der Waals surface area contributed by atoms with Crippen molar-refractivity contribution < 1.29 is 18.8 Å². The molecule has 0 saturated carbocycles. The molecular formula is C35H46N6O4. The quantitative estimate of drug-likeness (QED) is 0.325. The van der Waals surface area contributed by atoms with E-state index in [1.54, 1.807) is 18.2 Å². The molecule has 10 nitrogen and oxygen atoms in total. The number of rotatable bonds is 9. The fourth-order valence-corrected chi connectivity index (χ4v) is 4.93. The maximum atomic E-state index is 13.9. The maximum Gasteiger partial charge on any atom is 0.289 e. The molecule has 0 aliphatic carbocycles. The monoisotopic (exact) mass is 614 g/mol. The van der Waals surface area contributed by atoms with Crippen LogP contribution < -0.4 is 15.4 Å². The first-order chi connectivity index (χ1) is 21.1. The van der Waals surface area contributed by atoms with Crippen molar-refractivity contribution in [3.05, 3.63) is 64.4 Å². The van der Waals surface area contributed by atoms with Gasteiger partial charge in [0, 0.05) is 56.6 Å². The number of carbonyl (C=O) groups is 2. The normalized spacial score (nSPS) is 14.6. The molecule has 1 aliphatic heterocycles. The van der Waals surface area contributed by atoms with Gasteiger partial charge in [0.05, 0.1) is 11.1 Å². The van der Waals surface area contributed by atoms with E-state index >= 15 is 0 Å². The topological polar surface area (TPSA) is 124 Å². The molecule has 0 bridgehead atoms. The zero-order valence-electron chi connectivity index (χ0n) is 27.8. The number of nitrogens with zero attached hydrogens (tertiary/aromatic N) is 4. The number of aromatic nitrogens is 1. The zero-order chi connectivity index (χ0) is 32.9. The average Bonchev–Trinajstić information content (AvgIpc) is 3.47. The number of benzene rings is 2. The molecule has 45 heavy (non-hydrogen) atoms. The number of anilines is 1. The number of nitrogens with one attached hydrogen (secondary N) is 2. The number of hydrogen-bond acceptors (Lipinski definition) is 8. The van der Waals surface area contributed by atoms with Crippen molar-refractivity contribution in [1.82, 2.24) is 20.3 Å². The van der Waals surface area contributed by atoms with Crippen LogP contribution >= 0.6 is 0 Å². The van der Waals surface area contributed by atoms with Crippen LogP contribution in [-0.2, 0) is 5.41 Å². The fraction of sp³-hybridized carbons (Fsp3) is 0.486. The molecule has 2 amide bonds. The fourth-order valence-electron chi connectivity index (χ4n) is 4.93. The first kappa shape index (κ1) is 33.7. The Labute approximate surface area is 266 Å². The summed E-state index contributed by atoms with van der Waals surface area (Å²) in [6.45, 7) is 19.6. The van der Waals surface area contributed by atoms with Crippen molar-refractivity contribution in [3.63, 3.8) is 0 Å². The Morgan fingerprint density at radius 2 is 1.73 bits per heavy atom. The average molecular weight is 615 g/mol. The van der Waals surface area contributed by atoms with Crippen LogP contribution in [0.15, 0.2) is 40.9 Å². The highest BCUT2D eigenvalue weighted by Crippen LogP contribution is 2.33. The SMILES string of the molecule is Cc1ccc(NC(=O)c2cc(C(C)(C)C)cc(C#N)c2OCCN2CCN(C)CC2)cc1-c1cc(C(=O)NCC(C)(C)C)on1. The van der Waals surface area contributed by atoms with Crippen molar-refractivity contribution in [1.29, 1.82) is 5.26 Å². The van der Waals surface area contributed by atoms with Gasteiger partial charge in [-0.2, -0.15) is 5.26 Å². The molecule has 0 spiro atoms. The second-order valence-corrected chi connectivity index (χ2v) is 14.1. The summed E-state index contributed by atoms with van der Waals surface area (Å²) in [5, 5.41) is 20.1. The van der Waals surface area contributed by atoms with E-state index in [2.05, 4.69) is 38.7 Å². The van der Waals surface area contributed by atoms with Gasteiger partial charge < -0.3 is 24.8 Å². The van der Waals surface area contributed by atoms with Crippen molar-refractivity contribution in [2.75, 3.05) is 58.2 Å². The maximum absolute atomic E-state index is 13.9. The Balaban J connectivity index is 1.57. The first-order valence-electron chi connectivity index (χ1n) is 15.4. The predicted octanol–water partition coefficient (Wildman–Crippen LogP) is 5.47. The van der Waals surface area contributed by atoms with Gasteiger partial charge in [0.1, 0.15) is 24.1 Å². The minimum Gasteiger partial charge on any atom is -0.490 e. The van der Waals surface area contributed by atoms with Gasteiger partial charge in [-0.15, -0.1) is 0 Å². The van der Waals surface area contributed by atoms with E-state index < -0.39 is 0 Å². The minimum absolute atomic E-state index is 0.0719. The Hall–Kier alpha value is -4.20. The third-order valence-corrected chi connectivity index (χ3v) is 7.85. The number of hydrogen-bond donors (Lipinski definition) is 2. The van der Waals surface area contributed by atoms with Crippen LogP contribution in [0, 0.1) is 23.7 Å². The Kier molecular flexibility index (Phi) is 10.4. The number of aryl methyl sites for hydroxylation is 1. The number of nitriles is 1. The second kappa shape index (κ2) is 13.8. The number of carbonyl (C=O) groups excluding carboxylic acids is 2. The van der Waals surface area contributed by atoms with E-state index in [1.807, 2.05) is 66.7 Å². The molecular weight excluding hydrogens is 568 g/mol. The van der Waals surface area contributed by atoms with Crippen molar-refractivity contribution >= 4 is 17.5 Å². The second-order valence-electron chi connectivity index (χ2n) is 14.1. The molecule has 3 aromatic rings. The largest absolute Gasteiger partial charge is 0.490 e. The lowest BCUT2D eigenvalue weighted by molar-refractivity contribution is 0.0902. The summed E-state index contributed by atoms with van der Waals surface area (Å²) in [5.74, 6) is -0.321. The molecule has 1 saturated heterocycles. The molecule has 1 aliphatic rings. The highest BCUT2D eigenvalue weighted by Gasteiger charge is 2.25. The first-order valence-corrected chi connectivity index (χ1v) is 15.4. The van der Waals surface area contributed by atoms with Crippen molar-refractivity contribution in [2.24, 2.45) is 5.41 Å². The van der Waals surface area contributed by atoms with Crippen LogP contribution in [0.2, 0.25) is 0 Å². The van der Waals surface area contributed by atoms with E-state index in [4.69, 9.17) is 9.26 Å². The van der Waals surface area contributed by atoms with E-state index in [1.165, 1.54) is 0 Å². The highest BCUT2D eigenvalue weighted by atomic mass is 16.5. The molecule has 0 radical (unpaired) electrons. The van der Waals surface area contributed by atoms with Crippen LogP contribution in [0.5, 0.6) is 5.75 Å². The summed E-state index contributed by atoms with van der Waals surface area (Å²) in [5.41, 5.74) is 3.77. The number of piperazine rings is 1. The van der Waals surface area contributed by atoms with Crippen LogP contribution in [0.3, 0.4) is 0 Å². The summed E-state index contributed by atoms with van der Waals surface area (Å²) in [4.78, 5) is 31.1. The number of likely N-dealkylation sites (N-methyl/N-ethyl adjacent to an activating group) is 1. The number of ether oxygens (including phenoxy) is 1. The zero-order valence-corrected chi connectivity index (χ0v) is 27.8. The lowest BCUT2D eigenvalue weighted by atomic mass is 9.84. The van der Waals surface area contributed by atoms with Gasteiger partial charge in [0.15, 0.2) is 0 Å². The van der Waals surface area contributed by atoms with Crippen LogP contribution in [-0.4, -0.2) is 79.7 Å². The lowest BCUT2D eigenvalue weighted by Gasteiger charge is -2.32. The van der Waals surface area contributed by atoms with Gasteiger partial charge in [0.25, 0.3) is 11.8 Å². The molecule has 0 atom stereocenters. The Morgan fingerprint density at radius 3 is 2.38 bits per heavy atom. The van der Waals surface area contributed by atoms with Crippen molar-refractivity contribution in [3.8, 4) is 23.1 Å². The molecule has 1 fully saturated rings. The summed E-state index contributed by atoms with van der Waals surface area (Å²) < 4.78 is 11.6. The summed E-state index contributed by atoms with van der Waals surface area (Å²) in [6.07, 6.45) is 0. The minimum atomic E-state index is -0.385. The van der Waals surface area contributed by atoms with E-state index in [-0.39, 0.29) is 34.2 Å². The Bertz CT molecular complexity index is 1570. The van der Waals surface area contributed by atoms with Gasteiger partial charge in [-0.25, -0.2) is 0 Å². The molecule has 2 heterocycles. The summed E-state index contributed by atoms with van der Waals surface area (Å²) in [7, 11) is 2.11. The highest BCUT2D eigenvalue weighted by molar-refractivity contribution is 6.07. The molecule has 10 heteroatoms. The van der Waals surface area contributed by atoms with Crippen LogP contribution in [0.4, 0.5) is 5.69 Å². The summed E-state index contributed by atoms with van der Waals surface area (Å²) in [6, 6.07) is 13.0. The molecule has 2 aromatic carbocycles. The molecule has 2 N–H and O–H groups in total. The lowest BCUT2D eigenvalue weighted by Crippen LogP contribution is -2.45. The molecule has 1 aromatic heterocycles.